The number of rotatable bonds is 8. The van der Waals surface area contributed by atoms with Crippen molar-refractivity contribution in [2.45, 2.75) is 23.7 Å². The SMILES string of the molecule is CCCC(I)c1ccc2c3cccc4c3n(c2c1)-c1ccccc1B4n1c2c(-c3ccccc3)cc(-c3ccccc3)cc2c2cc(-c3ccccc3)cc(-c3ccccc3)c21. The second-order valence-corrected chi connectivity index (χ2v) is 18.3. The Morgan fingerprint density at radius 2 is 0.952 bits per heavy atom. The van der Waals surface area contributed by atoms with Gasteiger partial charge in [-0.3, -0.25) is 0 Å². The summed E-state index contributed by atoms with van der Waals surface area (Å²) in [4.78, 5) is 0. The molecular formula is C58H42BIN2. The number of hydrogen-bond acceptors (Lipinski definition) is 0. The van der Waals surface area contributed by atoms with E-state index in [-0.39, 0.29) is 6.85 Å². The molecule has 4 heteroatoms. The zero-order chi connectivity index (χ0) is 41.3. The lowest BCUT2D eigenvalue weighted by atomic mass is 9.48. The Morgan fingerprint density at radius 1 is 0.435 bits per heavy atom. The number of nitrogens with zero attached hydrogens (tertiary/aromatic N) is 2. The van der Waals surface area contributed by atoms with E-state index in [0.29, 0.717) is 3.92 Å². The van der Waals surface area contributed by atoms with Crippen LogP contribution < -0.4 is 10.9 Å². The van der Waals surface area contributed by atoms with Crippen molar-refractivity contribution in [1.29, 1.82) is 0 Å². The van der Waals surface area contributed by atoms with Crippen molar-refractivity contribution >= 4 is 84.0 Å². The molecular weight excluding hydrogens is 862 g/mol. The Labute approximate surface area is 376 Å². The topological polar surface area (TPSA) is 9.86 Å². The van der Waals surface area contributed by atoms with Crippen LogP contribution in [0.2, 0.25) is 0 Å². The van der Waals surface area contributed by atoms with Gasteiger partial charge in [-0.05, 0) is 92.7 Å². The van der Waals surface area contributed by atoms with Crippen LogP contribution in [0.3, 0.4) is 0 Å². The van der Waals surface area contributed by atoms with Crippen LogP contribution >= 0.6 is 22.6 Å². The van der Waals surface area contributed by atoms with Crippen molar-refractivity contribution in [1.82, 2.24) is 9.05 Å². The number of benzene rings is 9. The molecule has 2 aromatic heterocycles. The molecule has 1 atom stereocenters. The summed E-state index contributed by atoms with van der Waals surface area (Å²) >= 11 is 2.64. The molecule has 0 bridgehead atoms. The smallest absolute Gasteiger partial charge is 0.332 e. The van der Waals surface area contributed by atoms with Gasteiger partial charge in [0.2, 0.25) is 0 Å². The minimum atomic E-state index is -0.126. The quantitative estimate of drug-likeness (QED) is 0.0817. The Bertz CT molecular complexity index is 3340. The average molecular weight is 905 g/mol. The fourth-order valence-corrected chi connectivity index (χ4v) is 11.4. The predicted octanol–water partition coefficient (Wildman–Crippen LogP) is 14.8. The zero-order valence-electron chi connectivity index (χ0n) is 34.5. The average Bonchev–Trinajstić information content (AvgIpc) is 3.85. The second kappa shape index (κ2) is 15.1. The molecule has 0 saturated heterocycles. The van der Waals surface area contributed by atoms with E-state index in [9.17, 15) is 0 Å². The highest BCUT2D eigenvalue weighted by Crippen LogP contribution is 2.46. The highest BCUT2D eigenvalue weighted by Gasteiger charge is 2.37. The molecule has 0 spiro atoms. The number of para-hydroxylation sites is 2. The van der Waals surface area contributed by atoms with Gasteiger partial charge in [-0.1, -0.05) is 206 Å². The molecule has 0 fully saturated rings. The molecule has 0 aliphatic carbocycles. The monoisotopic (exact) mass is 904 g/mol. The van der Waals surface area contributed by atoms with Crippen LogP contribution in [0.4, 0.5) is 0 Å². The molecule has 9 aromatic carbocycles. The molecule has 3 heterocycles. The van der Waals surface area contributed by atoms with E-state index >= 15 is 0 Å². The van der Waals surface area contributed by atoms with Gasteiger partial charge >= 0.3 is 6.85 Å². The lowest BCUT2D eigenvalue weighted by Gasteiger charge is -2.29. The summed E-state index contributed by atoms with van der Waals surface area (Å²) in [7, 11) is 0. The standard InChI is InChI=1S/C58H42BIN2/c1-2-18-53(60)42-31-32-45-46-27-17-29-52-58(46)61(55(45)37-42)54-30-16-15-28-51(54)59(52)62-56-47(40-23-11-5-12-24-40)33-43(38-19-7-3-8-20-38)35-49(56)50-36-44(39-21-9-4-10-22-39)34-48(57(50)62)41-25-13-6-14-26-41/h3-17,19-37,53H,2,18H2,1H3. The maximum absolute atomic E-state index is 2.74. The van der Waals surface area contributed by atoms with Crippen molar-refractivity contribution in [3.05, 3.63) is 212 Å². The van der Waals surface area contributed by atoms with Crippen molar-refractivity contribution in [2.24, 2.45) is 0 Å². The van der Waals surface area contributed by atoms with Gasteiger partial charge in [0.1, 0.15) is 0 Å². The molecule has 0 radical (unpaired) electrons. The van der Waals surface area contributed by atoms with Crippen molar-refractivity contribution < 1.29 is 0 Å². The van der Waals surface area contributed by atoms with Crippen LogP contribution in [0.5, 0.6) is 0 Å². The van der Waals surface area contributed by atoms with Crippen molar-refractivity contribution in [3.63, 3.8) is 0 Å². The number of alkyl halides is 1. The zero-order valence-corrected chi connectivity index (χ0v) is 36.6. The van der Waals surface area contributed by atoms with E-state index in [1.807, 2.05) is 0 Å². The summed E-state index contributed by atoms with van der Waals surface area (Å²) in [6, 6.07) is 77.1. The fraction of sp³-hybridized carbons (Fsp3) is 0.0690. The summed E-state index contributed by atoms with van der Waals surface area (Å²) in [6.07, 6.45) is 2.33. The molecule has 0 N–H and O–H groups in total. The van der Waals surface area contributed by atoms with E-state index in [4.69, 9.17) is 0 Å². The van der Waals surface area contributed by atoms with Crippen LogP contribution in [0.1, 0.15) is 29.3 Å². The van der Waals surface area contributed by atoms with Gasteiger partial charge in [-0.2, -0.15) is 0 Å². The molecule has 294 valence electrons. The Balaban J connectivity index is 1.28. The van der Waals surface area contributed by atoms with Gasteiger partial charge < -0.3 is 9.05 Å². The molecule has 11 aromatic rings. The Morgan fingerprint density at radius 3 is 1.52 bits per heavy atom. The summed E-state index contributed by atoms with van der Waals surface area (Å²) in [5.41, 5.74) is 20.0. The molecule has 1 aliphatic rings. The minimum Gasteiger partial charge on any atom is -0.375 e. The van der Waals surface area contributed by atoms with Crippen LogP contribution in [0.15, 0.2) is 206 Å². The van der Waals surface area contributed by atoms with Crippen LogP contribution in [0.25, 0.3) is 93.8 Å². The van der Waals surface area contributed by atoms with Gasteiger partial charge in [0.05, 0.1) is 11.0 Å². The first-order valence-corrected chi connectivity index (χ1v) is 23.1. The third kappa shape index (κ3) is 5.84. The maximum Gasteiger partial charge on any atom is 0.332 e. The van der Waals surface area contributed by atoms with Crippen LogP contribution in [-0.4, -0.2) is 15.9 Å². The molecule has 0 amide bonds. The number of aromatic nitrogens is 2. The lowest BCUT2D eigenvalue weighted by Crippen LogP contribution is -2.53. The second-order valence-electron chi connectivity index (χ2n) is 16.7. The normalized spacial score (nSPS) is 12.7. The highest BCUT2D eigenvalue weighted by molar-refractivity contribution is 14.1. The molecule has 62 heavy (non-hydrogen) atoms. The third-order valence-electron chi connectivity index (χ3n) is 13.1. The number of fused-ring (bicyclic) bond motifs is 8. The van der Waals surface area contributed by atoms with Crippen molar-refractivity contribution in [2.75, 3.05) is 0 Å². The fourth-order valence-electron chi connectivity index (χ4n) is 10.4. The minimum absolute atomic E-state index is 0.126. The maximum atomic E-state index is 2.74. The summed E-state index contributed by atoms with van der Waals surface area (Å²) in [5.74, 6) is 0. The molecule has 1 aliphatic heterocycles. The molecule has 12 rings (SSSR count). The van der Waals surface area contributed by atoms with Gasteiger partial charge in [-0.15, -0.1) is 0 Å². The lowest BCUT2D eigenvalue weighted by molar-refractivity contribution is 0.800. The number of halogens is 1. The largest absolute Gasteiger partial charge is 0.375 e. The van der Waals surface area contributed by atoms with Crippen LogP contribution in [-0.2, 0) is 0 Å². The highest BCUT2D eigenvalue weighted by atomic mass is 127. The van der Waals surface area contributed by atoms with Crippen molar-refractivity contribution in [3.8, 4) is 50.2 Å². The van der Waals surface area contributed by atoms with Crippen LogP contribution in [0, 0.1) is 0 Å². The van der Waals surface area contributed by atoms with E-state index in [1.54, 1.807) is 0 Å². The first-order chi connectivity index (χ1) is 30.7. The van der Waals surface area contributed by atoms with Gasteiger partial charge in [0.15, 0.2) is 0 Å². The van der Waals surface area contributed by atoms with E-state index in [1.165, 1.54) is 110 Å². The third-order valence-corrected chi connectivity index (χ3v) is 14.5. The van der Waals surface area contributed by atoms with E-state index in [0.717, 1.165) is 12.8 Å². The summed E-state index contributed by atoms with van der Waals surface area (Å²) in [6.45, 7) is 2.16. The molecule has 0 saturated carbocycles. The van der Waals surface area contributed by atoms with Gasteiger partial charge in [0.25, 0.3) is 0 Å². The van der Waals surface area contributed by atoms with E-state index in [2.05, 4.69) is 245 Å². The van der Waals surface area contributed by atoms with Gasteiger partial charge in [0, 0.05) is 53.3 Å². The summed E-state index contributed by atoms with van der Waals surface area (Å²) in [5, 5.41) is 5.10. The number of hydrogen-bond donors (Lipinski definition) is 0. The Hall–Kier alpha value is -6.63. The molecule has 1 unspecified atom stereocenters. The summed E-state index contributed by atoms with van der Waals surface area (Å²) < 4.78 is 5.78. The Kier molecular flexibility index (Phi) is 9.03. The van der Waals surface area contributed by atoms with Gasteiger partial charge in [-0.25, -0.2) is 0 Å². The first kappa shape index (κ1) is 37.2. The van der Waals surface area contributed by atoms with E-state index < -0.39 is 0 Å². The predicted molar refractivity (Wildman–Crippen MR) is 274 cm³/mol. The first-order valence-electron chi connectivity index (χ1n) is 21.8. The molecule has 2 nitrogen and oxygen atoms in total.